The fourth-order valence-electron chi connectivity index (χ4n) is 1.32. The predicted molar refractivity (Wildman–Crippen MR) is 62.9 cm³/mol. The zero-order valence-electron chi connectivity index (χ0n) is 9.75. The van der Waals surface area contributed by atoms with Gasteiger partial charge in [0, 0.05) is 7.05 Å². The van der Waals surface area contributed by atoms with E-state index in [9.17, 15) is 14.9 Å². The Balaban J connectivity index is 5.39. The maximum Gasteiger partial charge on any atom is 0.315 e. The van der Waals surface area contributed by atoms with E-state index in [0.29, 0.717) is 0 Å². The Morgan fingerprint density at radius 1 is 1.71 bits per heavy atom. The average molecular weight is 241 g/mol. The fourth-order valence-corrected chi connectivity index (χ4v) is 1.32. The second-order valence-corrected chi connectivity index (χ2v) is 3.02. The summed E-state index contributed by atoms with van der Waals surface area (Å²) in [6, 6.07) is 0. The number of hydrogen-bond donors (Lipinski definition) is 1. The minimum Gasteiger partial charge on any atom is -0.468 e. The maximum atomic E-state index is 11.5. The molecule has 17 heavy (non-hydrogen) atoms. The van der Waals surface area contributed by atoms with Gasteiger partial charge in [0.1, 0.15) is 11.6 Å². The molecule has 94 valence electrons. The van der Waals surface area contributed by atoms with Gasteiger partial charge in [-0.3, -0.25) is 19.9 Å². The van der Waals surface area contributed by atoms with Crippen molar-refractivity contribution in [3.05, 3.63) is 34.7 Å². The van der Waals surface area contributed by atoms with Crippen LogP contribution in [0, 0.1) is 16.0 Å². The third-order valence-corrected chi connectivity index (χ3v) is 2.08. The standard InChI is InChI=1S/C10H15N3O4/c1-4-5-7(10(14)17-3)9(12-2)8(6-11)13(15)16/h4,6-7H,1,5,11H2,2-3H3. The number of rotatable bonds is 6. The molecule has 0 aliphatic rings. The number of hydrogen-bond acceptors (Lipinski definition) is 6. The van der Waals surface area contributed by atoms with E-state index in [1.54, 1.807) is 0 Å². The van der Waals surface area contributed by atoms with E-state index in [1.165, 1.54) is 20.2 Å². The van der Waals surface area contributed by atoms with Crippen LogP contribution in [0.3, 0.4) is 0 Å². The maximum absolute atomic E-state index is 11.5. The van der Waals surface area contributed by atoms with E-state index in [1.807, 2.05) is 0 Å². The highest BCUT2D eigenvalue weighted by Crippen LogP contribution is 2.15. The van der Waals surface area contributed by atoms with Gasteiger partial charge in [-0.2, -0.15) is 0 Å². The molecule has 1 unspecified atom stereocenters. The average Bonchev–Trinajstić information content (AvgIpc) is 2.32. The Morgan fingerprint density at radius 3 is 2.59 bits per heavy atom. The lowest BCUT2D eigenvalue weighted by atomic mass is 9.97. The van der Waals surface area contributed by atoms with Crippen molar-refractivity contribution in [1.29, 1.82) is 0 Å². The monoisotopic (exact) mass is 241 g/mol. The number of carbonyl (C=O) groups excluding carboxylic acids is 1. The van der Waals surface area contributed by atoms with Crippen molar-refractivity contribution in [2.24, 2.45) is 16.6 Å². The van der Waals surface area contributed by atoms with Gasteiger partial charge in [-0.05, 0) is 6.42 Å². The van der Waals surface area contributed by atoms with Gasteiger partial charge in [0.15, 0.2) is 0 Å². The molecule has 0 aliphatic carbocycles. The molecule has 0 amide bonds. The number of allylic oxidation sites excluding steroid dienone is 2. The number of nitrogens with zero attached hydrogens (tertiary/aromatic N) is 2. The van der Waals surface area contributed by atoms with Crippen molar-refractivity contribution < 1.29 is 14.5 Å². The van der Waals surface area contributed by atoms with Crippen LogP contribution in [-0.2, 0) is 9.53 Å². The summed E-state index contributed by atoms with van der Waals surface area (Å²) in [5.41, 5.74) is 4.73. The van der Waals surface area contributed by atoms with Crippen LogP contribution < -0.4 is 5.73 Å². The van der Waals surface area contributed by atoms with Gasteiger partial charge in [-0.25, -0.2) is 0 Å². The van der Waals surface area contributed by atoms with Gasteiger partial charge in [0.25, 0.3) is 0 Å². The first-order chi connectivity index (χ1) is 8.03. The molecular weight excluding hydrogens is 226 g/mol. The van der Waals surface area contributed by atoms with E-state index >= 15 is 0 Å². The predicted octanol–water partition coefficient (Wildman–Crippen LogP) is 0.499. The van der Waals surface area contributed by atoms with Crippen molar-refractivity contribution in [1.82, 2.24) is 0 Å². The molecule has 7 heteroatoms. The van der Waals surface area contributed by atoms with Crippen LogP contribution in [0.2, 0.25) is 0 Å². The van der Waals surface area contributed by atoms with Crippen LogP contribution in [-0.4, -0.2) is 30.8 Å². The summed E-state index contributed by atoms with van der Waals surface area (Å²) in [5.74, 6) is -1.49. The molecule has 0 saturated heterocycles. The third kappa shape index (κ3) is 3.71. The molecule has 0 aliphatic heterocycles. The van der Waals surface area contributed by atoms with E-state index in [2.05, 4.69) is 16.3 Å². The van der Waals surface area contributed by atoms with Crippen LogP contribution in [0.5, 0.6) is 0 Å². The first kappa shape index (κ1) is 14.8. The Hall–Kier alpha value is -2.18. The van der Waals surface area contributed by atoms with Gasteiger partial charge in [-0.15, -0.1) is 6.58 Å². The summed E-state index contributed by atoms with van der Waals surface area (Å²) in [4.78, 5) is 25.3. The Labute approximate surface area is 98.8 Å². The van der Waals surface area contributed by atoms with Crippen molar-refractivity contribution >= 4 is 11.7 Å². The Morgan fingerprint density at radius 2 is 2.29 bits per heavy atom. The molecule has 0 heterocycles. The topological polar surface area (TPSA) is 108 Å². The molecule has 7 nitrogen and oxygen atoms in total. The molecule has 0 spiro atoms. The molecule has 0 rings (SSSR count). The highest BCUT2D eigenvalue weighted by atomic mass is 16.6. The van der Waals surface area contributed by atoms with E-state index in [0.717, 1.165) is 6.20 Å². The lowest BCUT2D eigenvalue weighted by Gasteiger charge is -2.13. The van der Waals surface area contributed by atoms with E-state index < -0.39 is 22.5 Å². The molecule has 0 bridgehead atoms. The highest BCUT2D eigenvalue weighted by Gasteiger charge is 2.32. The quantitative estimate of drug-likeness (QED) is 0.239. The van der Waals surface area contributed by atoms with Crippen LogP contribution in [0.25, 0.3) is 0 Å². The second-order valence-electron chi connectivity index (χ2n) is 3.02. The summed E-state index contributed by atoms with van der Waals surface area (Å²) >= 11 is 0. The summed E-state index contributed by atoms with van der Waals surface area (Å²) < 4.78 is 4.56. The van der Waals surface area contributed by atoms with Crippen molar-refractivity contribution in [2.45, 2.75) is 6.42 Å². The summed E-state index contributed by atoms with van der Waals surface area (Å²) in [6.07, 6.45) is 2.45. The Kier molecular flexibility index (Phi) is 6.24. The largest absolute Gasteiger partial charge is 0.468 e. The van der Waals surface area contributed by atoms with Crippen molar-refractivity contribution in [2.75, 3.05) is 14.2 Å². The fraction of sp³-hybridized carbons (Fsp3) is 0.400. The SMILES string of the molecule is C=CCC(C(=O)OC)C(=NC)C(=CN)[N+](=O)[O-]. The van der Waals surface area contributed by atoms with Gasteiger partial charge in [-0.1, -0.05) is 6.08 Å². The third-order valence-electron chi connectivity index (χ3n) is 2.08. The van der Waals surface area contributed by atoms with Crippen molar-refractivity contribution in [3.8, 4) is 0 Å². The second kappa shape index (κ2) is 7.15. The van der Waals surface area contributed by atoms with Gasteiger partial charge in [0.2, 0.25) is 0 Å². The van der Waals surface area contributed by atoms with Gasteiger partial charge < -0.3 is 10.5 Å². The van der Waals surface area contributed by atoms with E-state index in [4.69, 9.17) is 5.73 Å². The minimum atomic E-state index is -0.873. The molecule has 0 radical (unpaired) electrons. The number of methoxy groups -OCH3 is 1. The number of carbonyl (C=O) groups is 1. The van der Waals surface area contributed by atoms with E-state index in [-0.39, 0.29) is 12.1 Å². The number of esters is 1. The molecule has 0 aromatic carbocycles. The summed E-state index contributed by atoms with van der Waals surface area (Å²) in [7, 11) is 2.55. The number of aliphatic imine (C=N–C) groups is 1. The zero-order valence-corrected chi connectivity index (χ0v) is 9.75. The molecule has 1 atom stereocenters. The number of ether oxygens (including phenoxy) is 1. The van der Waals surface area contributed by atoms with Crippen LogP contribution >= 0.6 is 0 Å². The summed E-state index contributed by atoms with van der Waals surface area (Å²) in [5, 5.41) is 10.7. The zero-order chi connectivity index (χ0) is 13.4. The number of nitrogens with two attached hydrogens (primary N) is 1. The normalized spacial score (nSPS) is 14.0. The van der Waals surface area contributed by atoms with Gasteiger partial charge in [0.05, 0.1) is 18.2 Å². The minimum absolute atomic E-state index is 0.0238. The van der Waals surface area contributed by atoms with Crippen molar-refractivity contribution in [3.63, 3.8) is 0 Å². The molecule has 0 aromatic heterocycles. The number of nitro groups is 1. The first-order valence-corrected chi connectivity index (χ1v) is 4.75. The lowest BCUT2D eigenvalue weighted by molar-refractivity contribution is -0.415. The summed E-state index contributed by atoms with van der Waals surface area (Å²) in [6.45, 7) is 3.48. The van der Waals surface area contributed by atoms with Gasteiger partial charge >= 0.3 is 11.7 Å². The van der Waals surface area contributed by atoms with Crippen LogP contribution in [0.1, 0.15) is 6.42 Å². The smallest absolute Gasteiger partial charge is 0.315 e. The molecule has 2 N–H and O–H groups in total. The molecular formula is C10H15N3O4. The highest BCUT2D eigenvalue weighted by molar-refractivity contribution is 6.10. The van der Waals surface area contributed by atoms with Crippen LogP contribution in [0.4, 0.5) is 0 Å². The lowest BCUT2D eigenvalue weighted by Crippen LogP contribution is -2.29. The van der Waals surface area contributed by atoms with Crippen LogP contribution in [0.15, 0.2) is 29.5 Å². The molecule has 0 aromatic rings. The first-order valence-electron chi connectivity index (χ1n) is 4.75. The Bertz CT molecular complexity index is 374. The molecule has 0 saturated carbocycles. The molecule has 0 fully saturated rings.